The van der Waals surface area contributed by atoms with Gasteiger partial charge in [0.15, 0.2) is 0 Å². The van der Waals surface area contributed by atoms with Crippen molar-refractivity contribution in [2.45, 2.75) is 139 Å². The maximum atomic E-state index is 15.3. The first kappa shape index (κ1) is 65.7. The zero-order valence-electron chi connectivity index (χ0n) is 48.0. The lowest BCUT2D eigenvalue weighted by Gasteiger charge is -2.32. The number of nitrogens with zero attached hydrogens (tertiary/aromatic N) is 3. The Labute approximate surface area is 496 Å². The number of carbonyl (C=O) groups is 12. The molecule has 0 radical (unpaired) electrons. The molecule has 0 saturated carbocycles. The van der Waals surface area contributed by atoms with Crippen molar-refractivity contribution in [3.05, 3.63) is 35.4 Å². The van der Waals surface area contributed by atoms with Crippen molar-refractivity contribution >= 4 is 92.6 Å². The Morgan fingerprint density at radius 1 is 0.826 bits per heavy atom. The van der Waals surface area contributed by atoms with Crippen molar-refractivity contribution in [3.8, 4) is 5.75 Å². The average molecular weight is 1220 g/mol. The van der Waals surface area contributed by atoms with Gasteiger partial charge in [-0.25, -0.2) is 0 Å². The third-order valence-corrected chi connectivity index (χ3v) is 17.8. The number of likely N-dealkylation sites (tertiary alicyclic amines) is 1. The fraction of sp³-hybridized carbons (Fsp3) is 0.600. The van der Waals surface area contributed by atoms with Gasteiger partial charge >= 0.3 is 0 Å². The van der Waals surface area contributed by atoms with Crippen molar-refractivity contribution in [1.29, 1.82) is 0 Å². The van der Waals surface area contributed by atoms with Crippen molar-refractivity contribution < 1.29 is 82.2 Å². The van der Waals surface area contributed by atoms with Gasteiger partial charge in [0, 0.05) is 81.0 Å². The van der Waals surface area contributed by atoms with Crippen LogP contribution in [0.5, 0.6) is 5.75 Å². The number of hydrogen-bond donors (Lipinski definition) is 14. The summed E-state index contributed by atoms with van der Waals surface area (Å²) < 4.78 is 15.3. The monoisotopic (exact) mass is 1220 g/mol. The molecule has 12 amide bonds. The van der Waals surface area contributed by atoms with E-state index >= 15 is 4.21 Å². The number of rotatable bonds is 17. The largest absolute Gasteiger partial charge is 0.508 e. The van der Waals surface area contributed by atoms with Gasteiger partial charge < -0.3 is 78.6 Å². The minimum Gasteiger partial charge on any atom is -0.508 e. The molecule has 7 rings (SSSR count). The van der Waals surface area contributed by atoms with Crippen LogP contribution in [0.2, 0.25) is 0 Å². The van der Waals surface area contributed by atoms with E-state index in [1.54, 1.807) is 13.8 Å². The number of imide groups is 1. The maximum Gasteiger partial charge on any atom is 0.253 e. The number of hydrogen-bond acceptors (Lipinski definition) is 18. The van der Waals surface area contributed by atoms with Crippen LogP contribution in [0, 0.1) is 17.8 Å². The number of carbonyl (C=O) groups excluding carboxylic acids is 12. The molecule has 470 valence electrons. The Hall–Kier alpha value is -7.87. The number of benzene rings is 1. The highest BCUT2D eigenvalue weighted by molar-refractivity contribution is 7.85. The molecule has 86 heavy (non-hydrogen) atoms. The Morgan fingerprint density at radius 3 is 2.21 bits per heavy atom. The number of aromatic nitrogens is 1. The van der Waals surface area contributed by atoms with E-state index in [0.717, 1.165) is 9.80 Å². The summed E-state index contributed by atoms with van der Waals surface area (Å²) in [5.41, 5.74) is 6.07. The van der Waals surface area contributed by atoms with Crippen molar-refractivity contribution in [1.82, 2.24) is 62.2 Å². The second-order valence-electron chi connectivity index (χ2n) is 22.6. The summed E-state index contributed by atoms with van der Waals surface area (Å²) in [6, 6.07) is -7.51. The highest BCUT2D eigenvalue weighted by Gasteiger charge is 2.45. The van der Waals surface area contributed by atoms with Gasteiger partial charge in [-0.1, -0.05) is 33.6 Å². The van der Waals surface area contributed by atoms with Gasteiger partial charge in [0.25, 0.3) is 11.8 Å². The van der Waals surface area contributed by atoms with E-state index < -0.39 is 176 Å². The molecule has 5 aliphatic rings. The number of H-pyrrole nitrogens is 1. The number of primary amides is 1. The van der Waals surface area contributed by atoms with E-state index in [9.17, 15) is 78.0 Å². The van der Waals surface area contributed by atoms with Crippen LogP contribution < -0.4 is 48.3 Å². The predicted octanol–water partition coefficient (Wildman–Crippen LogP) is -5.50. The third kappa shape index (κ3) is 16.3. The smallest absolute Gasteiger partial charge is 0.253 e. The van der Waals surface area contributed by atoms with Crippen LogP contribution in [-0.2, 0) is 81.3 Å². The van der Waals surface area contributed by atoms with E-state index in [4.69, 9.17) is 5.73 Å². The Bertz CT molecular complexity index is 3010. The molecule has 2 aromatic rings. The molecule has 2 saturated heterocycles. The number of nitrogens with two attached hydrogens (primary N) is 1. The molecule has 12 atom stereocenters. The van der Waals surface area contributed by atoms with E-state index in [2.05, 4.69) is 47.5 Å². The molecule has 5 aliphatic heterocycles. The molecule has 6 heterocycles. The maximum absolute atomic E-state index is 15.3. The van der Waals surface area contributed by atoms with Crippen LogP contribution in [-0.4, -0.2) is 222 Å². The molecule has 1 aromatic heterocycles. The number of aliphatic hydroxyl groups is 3. The fourth-order valence-electron chi connectivity index (χ4n) is 11.2. The molecule has 0 aliphatic carbocycles. The lowest BCUT2D eigenvalue weighted by Crippen LogP contribution is -2.62. The second kappa shape index (κ2) is 29.5. The Balaban J connectivity index is 1.27. The van der Waals surface area contributed by atoms with Crippen LogP contribution in [0.4, 0.5) is 0 Å². The Kier molecular flexibility index (Phi) is 22.5. The molecule has 15 N–H and O–H groups in total. The summed E-state index contributed by atoms with van der Waals surface area (Å²) in [5.74, 6) is -13.4. The first-order valence-corrected chi connectivity index (χ1v) is 30.1. The topological polar surface area (TPSA) is 451 Å². The van der Waals surface area contributed by atoms with Crippen LogP contribution in [0.3, 0.4) is 0 Å². The van der Waals surface area contributed by atoms with Crippen molar-refractivity contribution in [3.63, 3.8) is 0 Å². The molecule has 1 aromatic carbocycles. The van der Waals surface area contributed by atoms with Gasteiger partial charge in [0.05, 0.1) is 60.4 Å². The number of amides is 12. The molecule has 2 bridgehead atoms. The fourth-order valence-corrected chi connectivity index (χ4v) is 12.6. The van der Waals surface area contributed by atoms with E-state index in [0.29, 0.717) is 51.7 Å². The molecule has 0 spiro atoms. The summed E-state index contributed by atoms with van der Waals surface area (Å²) in [4.78, 5) is 171. The molecule has 31 heteroatoms. The summed E-state index contributed by atoms with van der Waals surface area (Å²) >= 11 is 0. The van der Waals surface area contributed by atoms with Crippen LogP contribution >= 0.6 is 0 Å². The van der Waals surface area contributed by atoms with Crippen molar-refractivity contribution in [2.24, 2.45) is 23.5 Å². The SMILES string of the molecule is CC[C@H](C)[C@@H]1NC(=O)CNC(=O)[C@H]2Cc3c([nH]c4c(CN5CCC(CNC(=O)CCCCCN6C(=O)C=CC6=O)C5)c(O)ccc34)S(=O)C[C@H](NC(=O)CNC1=O)C(=O)N[C@@H](CC(N)=O)C(=O)N1C[C@H](O)C[C@H]1C(=O)N[C@@H]([C@@H](C)[C@@H](O)CO)C(=O)N2. The number of nitrogens with one attached hydrogen (secondary N) is 9. The lowest BCUT2D eigenvalue weighted by molar-refractivity contribution is -0.144. The van der Waals surface area contributed by atoms with E-state index in [1.807, 2.05) is 4.90 Å². The first-order valence-electron chi connectivity index (χ1n) is 28.7. The van der Waals surface area contributed by atoms with E-state index in [-0.39, 0.29) is 76.0 Å². The van der Waals surface area contributed by atoms with Crippen LogP contribution in [0.1, 0.15) is 83.3 Å². The normalized spacial score (nSPS) is 27.0. The van der Waals surface area contributed by atoms with Crippen LogP contribution in [0.15, 0.2) is 29.3 Å². The van der Waals surface area contributed by atoms with Gasteiger partial charge in [-0.15, -0.1) is 0 Å². The summed E-state index contributed by atoms with van der Waals surface area (Å²) in [6.45, 7) is 3.19. The summed E-state index contributed by atoms with van der Waals surface area (Å²) in [5, 5.41) is 63.9. The number of phenols is 1. The van der Waals surface area contributed by atoms with Gasteiger partial charge in [0.1, 0.15) is 47.0 Å². The minimum atomic E-state index is -2.50. The number of unbranched alkanes of at least 4 members (excludes halogenated alkanes) is 2. The predicted molar refractivity (Wildman–Crippen MR) is 303 cm³/mol. The minimum absolute atomic E-state index is 0.0231. The van der Waals surface area contributed by atoms with Crippen molar-refractivity contribution in [2.75, 3.05) is 58.2 Å². The molecular formula is C55H77N13O17S. The number of aromatic hydroxyl groups is 1. The number of aromatic amines is 1. The molecular weight excluding hydrogens is 1150 g/mol. The number of aliphatic hydroxyl groups excluding tert-OH is 3. The third-order valence-electron chi connectivity index (χ3n) is 16.3. The highest BCUT2D eigenvalue weighted by Crippen LogP contribution is 2.35. The van der Waals surface area contributed by atoms with Gasteiger partial charge in [0.2, 0.25) is 59.1 Å². The number of phenolic OH excluding ortho intramolecular Hbond substituents is 1. The number of fused-ring (bicyclic) bond motifs is 5. The molecule has 30 nitrogen and oxygen atoms in total. The lowest BCUT2D eigenvalue weighted by atomic mass is 9.93. The molecule has 2 fully saturated rings. The standard InChI is InChI=1S/C55H77N13O17S/c1-4-27(2)46-52(82)59-20-42(75)60-36-26-86(85)54-32(31-9-10-38(71)33(48(31)65-54)24-66-15-13-29(22-66)19-57-41(74)8-6-5-7-14-67-44(77)11-12-45(67)78)17-34(49(79)58-21-43(76)63-46)61-53(83)47(28(3)39(72)25-69)64-51(81)37-16-30(70)23-68(37)55(84)35(18-40(56)73)62-50(36)80/h9-12,27-30,34-37,39,46-47,65,69-72H,4-8,13-26H2,1-3H3,(H2,56,73)(H,57,74)(H,58,79)(H,59,82)(H,60,75)(H,61,83)(H,62,80)(H,63,76)(H,64,81)/t27-,28-,29?,30+,34+,35-,36-,37-,39-,46-,47-,86?/m0/s1. The van der Waals surface area contributed by atoms with Gasteiger partial charge in [-0.2, -0.15) is 0 Å². The second-order valence-corrected chi connectivity index (χ2v) is 24.0. The van der Waals surface area contributed by atoms with Crippen LogP contribution in [0.25, 0.3) is 10.9 Å². The summed E-state index contributed by atoms with van der Waals surface area (Å²) in [7, 11) is -2.50. The van der Waals surface area contributed by atoms with Gasteiger partial charge in [-0.05, 0) is 55.3 Å². The zero-order chi connectivity index (χ0) is 62.7. The Morgan fingerprint density at radius 2 is 1.52 bits per heavy atom. The average Bonchev–Trinajstić information content (AvgIpc) is 2.06. The zero-order valence-corrected chi connectivity index (χ0v) is 48.8. The quantitative estimate of drug-likeness (QED) is 0.0519. The van der Waals surface area contributed by atoms with E-state index in [1.165, 1.54) is 31.2 Å². The van der Waals surface area contributed by atoms with Gasteiger partial charge in [-0.3, -0.25) is 71.5 Å². The molecule has 2 unspecified atom stereocenters. The highest BCUT2D eigenvalue weighted by atomic mass is 32.2. The summed E-state index contributed by atoms with van der Waals surface area (Å²) in [6.07, 6.45) is 0.318. The first-order chi connectivity index (χ1) is 40.9.